The SMILES string of the molecule is COc1ccc(CN(C(=O)C(c2ccccc2)c2ccccc2)[C@H](CC#N)C(N)=O)cc1. The van der Waals surface area contributed by atoms with E-state index in [2.05, 4.69) is 0 Å². The van der Waals surface area contributed by atoms with Crippen LogP contribution < -0.4 is 10.5 Å². The van der Waals surface area contributed by atoms with E-state index in [0.29, 0.717) is 5.75 Å². The Labute approximate surface area is 187 Å². The summed E-state index contributed by atoms with van der Waals surface area (Å²) in [6.07, 6.45) is -0.187. The van der Waals surface area contributed by atoms with Gasteiger partial charge < -0.3 is 15.4 Å². The van der Waals surface area contributed by atoms with Crippen molar-refractivity contribution in [2.75, 3.05) is 7.11 Å². The lowest BCUT2D eigenvalue weighted by atomic mass is 9.89. The molecule has 0 aromatic heterocycles. The number of hydrogen-bond acceptors (Lipinski definition) is 4. The van der Waals surface area contributed by atoms with Gasteiger partial charge in [-0.2, -0.15) is 5.26 Å². The van der Waals surface area contributed by atoms with Crippen molar-refractivity contribution in [1.29, 1.82) is 5.26 Å². The lowest BCUT2D eigenvalue weighted by Crippen LogP contribution is -2.49. The fourth-order valence-electron chi connectivity index (χ4n) is 3.65. The molecule has 0 bridgehead atoms. The highest BCUT2D eigenvalue weighted by Gasteiger charge is 2.34. The Hall–Kier alpha value is -4.11. The zero-order valence-corrected chi connectivity index (χ0v) is 17.8. The largest absolute Gasteiger partial charge is 0.497 e. The van der Waals surface area contributed by atoms with Gasteiger partial charge in [0.05, 0.1) is 25.5 Å². The monoisotopic (exact) mass is 427 g/mol. The molecule has 3 rings (SSSR count). The third kappa shape index (κ3) is 5.32. The van der Waals surface area contributed by atoms with Gasteiger partial charge in [0.2, 0.25) is 11.8 Å². The van der Waals surface area contributed by atoms with Crippen LogP contribution in [-0.2, 0) is 16.1 Å². The minimum absolute atomic E-state index is 0.133. The predicted molar refractivity (Wildman–Crippen MR) is 121 cm³/mol. The molecule has 32 heavy (non-hydrogen) atoms. The maximum atomic E-state index is 14.0. The van der Waals surface area contributed by atoms with E-state index in [4.69, 9.17) is 10.5 Å². The van der Waals surface area contributed by atoms with Crippen molar-refractivity contribution < 1.29 is 14.3 Å². The number of benzene rings is 3. The fraction of sp³-hybridized carbons (Fsp3) is 0.192. The normalized spacial score (nSPS) is 11.4. The van der Waals surface area contributed by atoms with Crippen LogP contribution in [0, 0.1) is 11.3 Å². The lowest BCUT2D eigenvalue weighted by molar-refractivity contribution is -0.140. The number of ether oxygens (including phenoxy) is 1. The Morgan fingerprint density at radius 3 is 1.91 bits per heavy atom. The first-order valence-corrected chi connectivity index (χ1v) is 10.2. The van der Waals surface area contributed by atoms with Gasteiger partial charge in [0.15, 0.2) is 0 Å². The summed E-state index contributed by atoms with van der Waals surface area (Å²) in [5, 5.41) is 9.31. The van der Waals surface area contributed by atoms with Crippen molar-refractivity contribution in [3.05, 3.63) is 102 Å². The molecule has 0 saturated heterocycles. The van der Waals surface area contributed by atoms with Gasteiger partial charge in [-0.25, -0.2) is 0 Å². The molecule has 0 saturated carbocycles. The van der Waals surface area contributed by atoms with Crippen LogP contribution in [0.2, 0.25) is 0 Å². The zero-order valence-electron chi connectivity index (χ0n) is 17.8. The van der Waals surface area contributed by atoms with Crippen LogP contribution >= 0.6 is 0 Å². The molecular formula is C26H25N3O3. The van der Waals surface area contributed by atoms with Crippen LogP contribution in [0.25, 0.3) is 0 Å². The number of nitriles is 1. The number of hydrogen-bond donors (Lipinski definition) is 1. The number of methoxy groups -OCH3 is 1. The number of nitrogens with two attached hydrogens (primary N) is 1. The van der Waals surface area contributed by atoms with Crippen molar-refractivity contribution in [3.63, 3.8) is 0 Å². The first-order valence-electron chi connectivity index (χ1n) is 10.2. The van der Waals surface area contributed by atoms with Crippen molar-refractivity contribution in [2.45, 2.75) is 24.9 Å². The summed E-state index contributed by atoms with van der Waals surface area (Å²) >= 11 is 0. The Kier molecular flexibility index (Phi) is 7.60. The first kappa shape index (κ1) is 22.6. The minimum Gasteiger partial charge on any atom is -0.497 e. The molecule has 0 aliphatic carbocycles. The number of carbonyl (C=O) groups is 2. The van der Waals surface area contributed by atoms with E-state index >= 15 is 0 Å². The number of primary amides is 1. The molecule has 0 aliphatic heterocycles. The van der Waals surface area contributed by atoms with E-state index in [0.717, 1.165) is 16.7 Å². The summed E-state index contributed by atoms with van der Waals surface area (Å²) in [5.41, 5.74) is 8.02. The Balaban J connectivity index is 2.06. The second-order valence-corrected chi connectivity index (χ2v) is 7.35. The second-order valence-electron chi connectivity index (χ2n) is 7.35. The summed E-state index contributed by atoms with van der Waals surface area (Å²) in [6, 6.07) is 26.9. The van der Waals surface area contributed by atoms with Crippen LogP contribution in [0.5, 0.6) is 5.75 Å². The maximum absolute atomic E-state index is 14.0. The molecule has 2 amide bonds. The first-order chi connectivity index (χ1) is 15.5. The molecule has 3 aromatic rings. The van der Waals surface area contributed by atoms with Crippen LogP contribution in [0.4, 0.5) is 0 Å². The summed E-state index contributed by atoms with van der Waals surface area (Å²) in [7, 11) is 1.57. The lowest BCUT2D eigenvalue weighted by Gasteiger charge is -2.32. The van der Waals surface area contributed by atoms with Crippen LogP contribution in [-0.4, -0.2) is 29.9 Å². The molecule has 1 atom stereocenters. The number of rotatable bonds is 9. The molecule has 0 radical (unpaired) electrons. The quantitative estimate of drug-likeness (QED) is 0.564. The third-order valence-electron chi connectivity index (χ3n) is 5.30. The second kappa shape index (κ2) is 10.8. The summed E-state index contributed by atoms with van der Waals surface area (Å²) in [6.45, 7) is 0.133. The average Bonchev–Trinajstić information content (AvgIpc) is 2.83. The van der Waals surface area contributed by atoms with E-state index < -0.39 is 17.9 Å². The van der Waals surface area contributed by atoms with E-state index in [1.807, 2.05) is 78.9 Å². The van der Waals surface area contributed by atoms with Gasteiger partial charge in [0.25, 0.3) is 0 Å². The van der Waals surface area contributed by atoms with Crippen molar-refractivity contribution in [3.8, 4) is 11.8 Å². The van der Waals surface area contributed by atoms with Crippen molar-refractivity contribution in [1.82, 2.24) is 4.90 Å². The molecule has 0 unspecified atom stereocenters. The fourth-order valence-corrected chi connectivity index (χ4v) is 3.65. The van der Waals surface area contributed by atoms with Crippen LogP contribution in [0.15, 0.2) is 84.9 Å². The third-order valence-corrected chi connectivity index (χ3v) is 5.30. The van der Waals surface area contributed by atoms with E-state index in [1.165, 1.54) is 4.90 Å². The molecule has 2 N–H and O–H groups in total. The average molecular weight is 428 g/mol. The van der Waals surface area contributed by atoms with Crippen LogP contribution in [0.1, 0.15) is 29.0 Å². The van der Waals surface area contributed by atoms with Crippen molar-refractivity contribution in [2.24, 2.45) is 5.73 Å². The Morgan fingerprint density at radius 1 is 0.938 bits per heavy atom. The number of carbonyl (C=O) groups excluding carboxylic acids is 2. The van der Waals surface area contributed by atoms with Gasteiger partial charge in [-0.05, 0) is 28.8 Å². The molecule has 0 heterocycles. The van der Waals surface area contributed by atoms with E-state index in [9.17, 15) is 14.9 Å². The van der Waals surface area contributed by atoms with Gasteiger partial charge in [0, 0.05) is 6.54 Å². The zero-order chi connectivity index (χ0) is 22.9. The molecule has 0 aliphatic rings. The van der Waals surface area contributed by atoms with Gasteiger partial charge >= 0.3 is 0 Å². The molecule has 6 heteroatoms. The minimum atomic E-state index is -1.05. The highest BCUT2D eigenvalue weighted by Crippen LogP contribution is 2.29. The standard InChI is InChI=1S/C26H25N3O3/c1-32-22-14-12-19(13-15-22)18-29(23(16-17-27)25(28)30)26(31)24(20-8-4-2-5-9-20)21-10-6-3-7-11-21/h2-15,23-24H,16,18H2,1H3,(H2,28,30)/t23-/m1/s1. The smallest absolute Gasteiger partial charge is 0.241 e. The van der Waals surface area contributed by atoms with Gasteiger partial charge in [-0.3, -0.25) is 9.59 Å². The highest BCUT2D eigenvalue weighted by molar-refractivity contribution is 5.92. The maximum Gasteiger partial charge on any atom is 0.241 e. The number of amides is 2. The number of nitrogens with zero attached hydrogens (tertiary/aromatic N) is 2. The topological polar surface area (TPSA) is 96.4 Å². The molecule has 6 nitrogen and oxygen atoms in total. The molecule has 0 spiro atoms. The van der Waals surface area contributed by atoms with E-state index in [1.54, 1.807) is 19.2 Å². The summed E-state index contributed by atoms with van der Waals surface area (Å²) < 4.78 is 5.20. The van der Waals surface area contributed by atoms with Gasteiger partial charge in [-0.1, -0.05) is 72.8 Å². The Morgan fingerprint density at radius 2 is 1.47 bits per heavy atom. The molecule has 162 valence electrons. The van der Waals surface area contributed by atoms with Crippen LogP contribution in [0.3, 0.4) is 0 Å². The van der Waals surface area contributed by atoms with E-state index in [-0.39, 0.29) is 18.9 Å². The predicted octanol–water partition coefficient (Wildman–Crippen LogP) is 3.62. The molecule has 0 fully saturated rings. The molecule has 3 aromatic carbocycles. The Bertz CT molecular complexity index is 1040. The molecular weight excluding hydrogens is 402 g/mol. The summed E-state index contributed by atoms with van der Waals surface area (Å²) in [4.78, 5) is 27.7. The van der Waals surface area contributed by atoms with Gasteiger partial charge in [0.1, 0.15) is 11.8 Å². The van der Waals surface area contributed by atoms with Crippen molar-refractivity contribution >= 4 is 11.8 Å². The summed E-state index contributed by atoms with van der Waals surface area (Å²) in [5.74, 6) is -0.969. The van der Waals surface area contributed by atoms with Gasteiger partial charge in [-0.15, -0.1) is 0 Å². The highest BCUT2D eigenvalue weighted by atomic mass is 16.5.